The lowest BCUT2D eigenvalue weighted by Crippen LogP contribution is -1.88. The molecule has 0 atom stereocenters. The van der Waals surface area contributed by atoms with E-state index in [2.05, 4.69) is 61.5 Å². The van der Waals surface area contributed by atoms with E-state index in [0.717, 1.165) is 0 Å². The molecule has 0 fully saturated rings. The summed E-state index contributed by atoms with van der Waals surface area (Å²) in [4.78, 5) is 0. The first-order chi connectivity index (χ1) is 15.9. The summed E-state index contributed by atoms with van der Waals surface area (Å²) in [7, 11) is 0. The van der Waals surface area contributed by atoms with Gasteiger partial charge in [0, 0.05) is 0 Å². The van der Waals surface area contributed by atoms with Gasteiger partial charge in [-0.25, -0.2) is 0 Å². The van der Waals surface area contributed by atoms with Gasteiger partial charge in [-0.1, -0.05) is 151 Å². The van der Waals surface area contributed by atoms with Crippen molar-refractivity contribution < 1.29 is 0 Å². The minimum Gasteiger partial charge on any atom is -0.0888 e. The van der Waals surface area contributed by atoms with Crippen LogP contribution in [0.15, 0.2) is 54.6 Å². The van der Waals surface area contributed by atoms with Crippen molar-refractivity contribution in [3.8, 4) is 0 Å². The highest BCUT2D eigenvalue weighted by molar-refractivity contribution is 5.85. The molecular weight excluding hydrogens is 384 g/mol. The molecule has 2 aromatic rings. The van der Waals surface area contributed by atoms with Crippen molar-refractivity contribution in [2.45, 2.75) is 129 Å². The Morgan fingerprint density at radius 3 is 1.59 bits per heavy atom. The standard InChI is InChI=1S/C32H50/c1-2-3-4-5-6-7-8-9-10-11-12-13-14-15-16-17-18-19-20-21-25-30-27-24-28-31-26-22-23-29-32(30)31/h3-4,22-24,26-29H,2,5-21,25H2,1H3/b4-3+. The summed E-state index contributed by atoms with van der Waals surface area (Å²) in [6.45, 7) is 2.22. The summed E-state index contributed by atoms with van der Waals surface area (Å²) in [5.74, 6) is 0. The first-order valence-corrected chi connectivity index (χ1v) is 14.0. The van der Waals surface area contributed by atoms with Crippen LogP contribution in [0.4, 0.5) is 0 Å². The predicted molar refractivity (Wildman–Crippen MR) is 146 cm³/mol. The maximum atomic E-state index is 2.35. The molecule has 0 unspecified atom stereocenters. The minimum atomic E-state index is 1.19. The van der Waals surface area contributed by atoms with Crippen LogP contribution in [0.3, 0.4) is 0 Å². The third-order valence-electron chi connectivity index (χ3n) is 6.85. The number of hydrogen-bond donors (Lipinski definition) is 0. The molecule has 0 amide bonds. The second-order valence-corrected chi connectivity index (χ2v) is 9.71. The van der Waals surface area contributed by atoms with Crippen LogP contribution in [-0.4, -0.2) is 0 Å². The Labute approximate surface area is 199 Å². The van der Waals surface area contributed by atoms with E-state index in [1.807, 2.05) is 0 Å². The van der Waals surface area contributed by atoms with Crippen molar-refractivity contribution in [2.75, 3.05) is 0 Å². The van der Waals surface area contributed by atoms with Gasteiger partial charge in [0.1, 0.15) is 0 Å². The van der Waals surface area contributed by atoms with Gasteiger partial charge >= 0.3 is 0 Å². The molecule has 0 saturated heterocycles. The smallest absolute Gasteiger partial charge is 0.0152 e. The van der Waals surface area contributed by atoms with Gasteiger partial charge in [-0.15, -0.1) is 0 Å². The Morgan fingerprint density at radius 2 is 1.00 bits per heavy atom. The Kier molecular flexibility index (Phi) is 15.8. The molecule has 0 aliphatic heterocycles. The van der Waals surface area contributed by atoms with Crippen LogP contribution >= 0.6 is 0 Å². The van der Waals surface area contributed by atoms with Crippen LogP contribution < -0.4 is 0 Å². The molecule has 0 nitrogen and oxygen atoms in total. The molecule has 0 aliphatic rings. The monoisotopic (exact) mass is 434 g/mol. The Hall–Kier alpha value is -1.56. The van der Waals surface area contributed by atoms with Gasteiger partial charge in [0.15, 0.2) is 0 Å². The second kappa shape index (κ2) is 19.0. The third kappa shape index (κ3) is 12.5. The topological polar surface area (TPSA) is 0 Å². The van der Waals surface area contributed by atoms with Crippen molar-refractivity contribution in [3.63, 3.8) is 0 Å². The number of unbranched alkanes of at least 4 members (excludes halogenated alkanes) is 16. The summed E-state index contributed by atoms with van der Waals surface area (Å²) in [5, 5.41) is 2.83. The number of fused-ring (bicyclic) bond motifs is 1. The molecular formula is C32H50. The summed E-state index contributed by atoms with van der Waals surface area (Å²) in [6.07, 6.45) is 31.3. The number of allylic oxidation sites excluding steroid dienone is 2. The largest absolute Gasteiger partial charge is 0.0888 e. The van der Waals surface area contributed by atoms with E-state index in [-0.39, 0.29) is 0 Å². The molecule has 0 saturated carbocycles. The summed E-state index contributed by atoms with van der Waals surface area (Å²) >= 11 is 0. The van der Waals surface area contributed by atoms with Crippen molar-refractivity contribution in [3.05, 3.63) is 60.2 Å². The maximum absolute atomic E-state index is 2.35. The fraction of sp³-hybridized carbons (Fsp3) is 0.625. The average Bonchev–Trinajstić information content (AvgIpc) is 2.83. The van der Waals surface area contributed by atoms with Gasteiger partial charge < -0.3 is 0 Å². The Balaban J connectivity index is 1.31. The van der Waals surface area contributed by atoms with Gasteiger partial charge in [-0.3, -0.25) is 0 Å². The molecule has 0 spiro atoms. The Bertz CT molecular complexity index is 706. The SMILES string of the molecule is CC/C=C/CCCCCCCCCCCCCCCCCCc1cccc2ccccc12. The molecule has 0 heterocycles. The number of rotatable bonds is 20. The van der Waals surface area contributed by atoms with Crippen LogP contribution in [0.2, 0.25) is 0 Å². The molecule has 0 bridgehead atoms. The van der Waals surface area contributed by atoms with Gasteiger partial charge in [-0.05, 0) is 48.4 Å². The van der Waals surface area contributed by atoms with E-state index >= 15 is 0 Å². The van der Waals surface area contributed by atoms with Crippen LogP contribution in [0.25, 0.3) is 10.8 Å². The molecule has 2 rings (SSSR count). The number of hydrogen-bond acceptors (Lipinski definition) is 0. The molecule has 32 heavy (non-hydrogen) atoms. The summed E-state index contributed by atoms with van der Waals surface area (Å²) in [6, 6.07) is 15.6. The highest BCUT2D eigenvalue weighted by atomic mass is 14.1. The fourth-order valence-electron chi connectivity index (χ4n) is 4.85. The lowest BCUT2D eigenvalue weighted by Gasteiger charge is -2.07. The van der Waals surface area contributed by atoms with Crippen molar-refractivity contribution in [1.82, 2.24) is 0 Å². The van der Waals surface area contributed by atoms with Crippen molar-refractivity contribution in [1.29, 1.82) is 0 Å². The molecule has 0 heteroatoms. The van der Waals surface area contributed by atoms with Gasteiger partial charge in [0.05, 0.1) is 0 Å². The highest BCUT2D eigenvalue weighted by Crippen LogP contribution is 2.21. The van der Waals surface area contributed by atoms with Gasteiger partial charge in [-0.2, -0.15) is 0 Å². The van der Waals surface area contributed by atoms with Crippen molar-refractivity contribution in [2.24, 2.45) is 0 Å². The fourth-order valence-corrected chi connectivity index (χ4v) is 4.85. The van der Waals surface area contributed by atoms with E-state index in [1.165, 1.54) is 138 Å². The second-order valence-electron chi connectivity index (χ2n) is 9.71. The van der Waals surface area contributed by atoms with Gasteiger partial charge in [0.25, 0.3) is 0 Å². The molecule has 0 aliphatic carbocycles. The molecule has 178 valence electrons. The Morgan fingerprint density at radius 1 is 0.500 bits per heavy atom. The van der Waals surface area contributed by atoms with Crippen LogP contribution in [0, 0.1) is 0 Å². The van der Waals surface area contributed by atoms with Crippen LogP contribution in [0.1, 0.15) is 128 Å². The molecule has 0 aromatic heterocycles. The maximum Gasteiger partial charge on any atom is -0.0152 e. The van der Waals surface area contributed by atoms with Crippen LogP contribution in [0.5, 0.6) is 0 Å². The predicted octanol–water partition coefficient (Wildman–Crippen LogP) is 11.0. The number of aryl methyl sites for hydroxylation is 1. The zero-order chi connectivity index (χ0) is 22.5. The van der Waals surface area contributed by atoms with E-state index in [4.69, 9.17) is 0 Å². The first-order valence-electron chi connectivity index (χ1n) is 14.0. The zero-order valence-electron chi connectivity index (χ0n) is 21.1. The van der Waals surface area contributed by atoms with Crippen LogP contribution in [-0.2, 0) is 6.42 Å². The lowest BCUT2D eigenvalue weighted by atomic mass is 9.99. The molecule has 0 radical (unpaired) electrons. The minimum absolute atomic E-state index is 1.19. The highest BCUT2D eigenvalue weighted by Gasteiger charge is 2.00. The van der Waals surface area contributed by atoms with E-state index in [9.17, 15) is 0 Å². The van der Waals surface area contributed by atoms with Gasteiger partial charge in [0.2, 0.25) is 0 Å². The molecule has 0 N–H and O–H groups in total. The average molecular weight is 435 g/mol. The first kappa shape index (κ1) is 26.7. The van der Waals surface area contributed by atoms with E-state index in [0.29, 0.717) is 0 Å². The van der Waals surface area contributed by atoms with E-state index in [1.54, 1.807) is 0 Å². The lowest BCUT2D eigenvalue weighted by molar-refractivity contribution is 0.528. The quantitative estimate of drug-likeness (QED) is 0.143. The molecule has 2 aromatic carbocycles. The normalized spacial score (nSPS) is 11.7. The van der Waals surface area contributed by atoms with Crippen molar-refractivity contribution >= 4 is 10.8 Å². The van der Waals surface area contributed by atoms with E-state index < -0.39 is 0 Å². The number of benzene rings is 2. The zero-order valence-corrected chi connectivity index (χ0v) is 21.1. The summed E-state index contributed by atoms with van der Waals surface area (Å²) < 4.78 is 0. The summed E-state index contributed by atoms with van der Waals surface area (Å²) in [5.41, 5.74) is 1.53. The third-order valence-corrected chi connectivity index (χ3v) is 6.85.